The first-order chi connectivity index (χ1) is 10.7. The van der Waals surface area contributed by atoms with E-state index in [1.165, 1.54) is 37.7 Å². The first-order valence-corrected chi connectivity index (χ1v) is 8.92. The average Bonchev–Trinajstić information content (AvgIpc) is 2.56. The predicted octanol–water partition coefficient (Wildman–Crippen LogP) is 5.38. The van der Waals surface area contributed by atoms with Crippen molar-refractivity contribution < 1.29 is 0 Å². The summed E-state index contributed by atoms with van der Waals surface area (Å²) in [4.78, 5) is 0. The van der Waals surface area contributed by atoms with Crippen molar-refractivity contribution in [2.24, 2.45) is 0 Å². The summed E-state index contributed by atoms with van der Waals surface area (Å²) in [5, 5.41) is 7.29. The van der Waals surface area contributed by atoms with Crippen molar-refractivity contribution in [3.63, 3.8) is 0 Å². The monoisotopic (exact) mass is 316 g/mol. The molecule has 2 nitrogen and oxygen atoms in total. The molecule has 120 valence electrons. The van der Waals surface area contributed by atoms with Gasteiger partial charge in [0.1, 0.15) is 0 Å². The van der Waals surface area contributed by atoms with Gasteiger partial charge in [0.05, 0.1) is 0 Å². The van der Waals surface area contributed by atoms with E-state index in [9.17, 15) is 0 Å². The highest BCUT2D eigenvalue weighted by Gasteiger charge is 2.05. The fourth-order valence-corrected chi connectivity index (χ4v) is 2.99. The summed E-state index contributed by atoms with van der Waals surface area (Å²) in [5.41, 5.74) is 4.03. The van der Waals surface area contributed by atoms with E-state index >= 15 is 0 Å². The molecule has 0 fully saturated rings. The van der Waals surface area contributed by atoms with E-state index < -0.39 is 0 Å². The van der Waals surface area contributed by atoms with Gasteiger partial charge in [-0.25, -0.2) is 0 Å². The van der Waals surface area contributed by atoms with E-state index in [-0.39, 0.29) is 0 Å². The molecule has 0 spiro atoms. The largest absolute Gasteiger partial charge is 0.362 e. The number of hydrogen-bond acceptors (Lipinski definition) is 1. The third-order valence-electron chi connectivity index (χ3n) is 4.47. The Morgan fingerprint density at radius 1 is 1.23 bits per heavy atom. The van der Waals surface area contributed by atoms with Crippen LogP contribution in [0.15, 0.2) is 35.9 Å². The summed E-state index contributed by atoms with van der Waals surface area (Å²) in [5.74, 6) is 0.614. The normalized spacial score (nSPS) is 15.8. The van der Waals surface area contributed by atoms with Crippen LogP contribution in [0.1, 0.15) is 63.9 Å². The zero-order valence-electron chi connectivity index (χ0n) is 13.8. The number of allylic oxidation sites excluding steroid dienone is 1. The second-order valence-electron chi connectivity index (χ2n) is 6.17. The molecule has 2 N–H and O–H groups in total. The maximum Gasteiger partial charge on any atom is 0.170 e. The van der Waals surface area contributed by atoms with Crippen LogP contribution in [0, 0.1) is 0 Å². The van der Waals surface area contributed by atoms with E-state index in [1.807, 2.05) is 0 Å². The number of rotatable bonds is 6. The van der Waals surface area contributed by atoms with Crippen LogP contribution in [0.4, 0.5) is 5.69 Å². The summed E-state index contributed by atoms with van der Waals surface area (Å²) in [6.07, 6.45) is 9.88. The van der Waals surface area contributed by atoms with Crippen molar-refractivity contribution in [1.82, 2.24) is 5.32 Å². The van der Waals surface area contributed by atoms with Crippen LogP contribution in [0.3, 0.4) is 0 Å². The molecular weight excluding hydrogens is 288 g/mol. The van der Waals surface area contributed by atoms with Gasteiger partial charge in [0, 0.05) is 12.2 Å². The van der Waals surface area contributed by atoms with E-state index in [4.69, 9.17) is 12.2 Å². The Bertz CT molecular complexity index is 505. The maximum absolute atomic E-state index is 5.37. The van der Waals surface area contributed by atoms with Gasteiger partial charge in [-0.1, -0.05) is 37.6 Å². The standard InChI is InChI=1S/C19H28N2S/c1-3-15(2)17-9-11-18(12-10-17)21-19(22)20-14-13-16-7-5-4-6-8-16/h7,9-12,15H,3-6,8,13-14H2,1-2H3,(H2,20,21,22). The third kappa shape index (κ3) is 5.45. The highest BCUT2D eigenvalue weighted by Crippen LogP contribution is 2.21. The van der Waals surface area contributed by atoms with Gasteiger partial charge in [0.2, 0.25) is 0 Å². The van der Waals surface area contributed by atoms with Crippen LogP contribution in [0.2, 0.25) is 0 Å². The minimum atomic E-state index is 0.614. The minimum absolute atomic E-state index is 0.614. The Morgan fingerprint density at radius 2 is 2.00 bits per heavy atom. The average molecular weight is 317 g/mol. The molecule has 0 heterocycles. The topological polar surface area (TPSA) is 24.1 Å². The molecule has 1 aromatic rings. The fourth-order valence-electron chi connectivity index (χ4n) is 2.77. The highest BCUT2D eigenvalue weighted by atomic mass is 32.1. The second kappa shape index (κ2) is 8.94. The number of benzene rings is 1. The molecule has 0 amide bonds. The molecule has 0 aromatic heterocycles. The number of hydrogen-bond donors (Lipinski definition) is 2. The van der Waals surface area contributed by atoms with Crippen LogP contribution in [0.5, 0.6) is 0 Å². The Hall–Kier alpha value is -1.35. The molecule has 1 atom stereocenters. The first-order valence-electron chi connectivity index (χ1n) is 8.51. The van der Waals surface area contributed by atoms with Crippen molar-refractivity contribution in [3.05, 3.63) is 41.5 Å². The molecule has 0 radical (unpaired) electrons. The quantitative estimate of drug-likeness (QED) is 0.544. The summed E-state index contributed by atoms with van der Waals surface area (Å²) in [7, 11) is 0. The zero-order valence-corrected chi connectivity index (χ0v) is 14.6. The molecule has 2 rings (SSSR count). The zero-order chi connectivity index (χ0) is 15.8. The van der Waals surface area contributed by atoms with Crippen molar-refractivity contribution >= 4 is 23.0 Å². The van der Waals surface area contributed by atoms with Gasteiger partial charge in [-0.05, 0) is 74.4 Å². The lowest BCUT2D eigenvalue weighted by Crippen LogP contribution is -2.29. The summed E-state index contributed by atoms with van der Waals surface area (Å²) in [6, 6.07) is 8.59. The van der Waals surface area contributed by atoms with Crippen LogP contribution >= 0.6 is 12.2 Å². The van der Waals surface area contributed by atoms with E-state index in [0.717, 1.165) is 18.7 Å². The molecular formula is C19H28N2S. The molecule has 0 bridgehead atoms. The summed E-state index contributed by atoms with van der Waals surface area (Å²) < 4.78 is 0. The van der Waals surface area contributed by atoms with Gasteiger partial charge in [-0.3, -0.25) is 0 Å². The number of thiocarbonyl (C=S) groups is 1. The molecule has 1 aliphatic rings. The number of anilines is 1. The minimum Gasteiger partial charge on any atom is -0.362 e. The van der Waals surface area contributed by atoms with Gasteiger partial charge >= 0.3 is 0 Å². The Morgan fingerprint density at radius 3 is 2.64 bits per heavy atom. The molecule has 1 aliphatic carbocycles. The van der Waals surface area contributed by atoms with Crippen molar-refractivity contribution in [3.8, 4) is 0 Å². The molecule has 0 saturated heterocycles. The van der Waals surface area contributed by atoms with Crippen LogP contribution in [-0.4, -0.2) is 11.7 Å². The summed E-state index contributed by atoms with van der Waals surface area (Å²) >= 11 is 5.37. The van der Waals surface area contributed by atoms with E-state index in [1.54, 1.807) is 5.57 Å². The van der Waals surface area contributed by atoms with Crippen molar-refractivity contribution in [2.45, 2.75) is 58.3 Å². The van der Waals surface area contributed by atoms with Crippen LogP contribution in [-0.2, 0) is 0 Å². The smallest absolute Gasteiger partial charge is 0.170 e. The Labute approximate surface area is 140 Å². The van der Waals surface area contributed by atoms with Gasteiger partial charge in [-0.15, -0.1) is 0 Å². The Kier molecular flexibility index (Phi) is 6.91. The fraction of sp³-hybridized carbons (Fsp3) is 0.526. The van der Waals surface area contributed by atoms with Crippen molar-refractivity contribution in [2.75, 3.05) is 11.9 Å². The van der Waals surface area contributed by atoms with Crippen molar-refractivity contribution in [1.29, 1.82) is 0 Å². The predicted molar refractivity (Wildman–Crippen MR) is 101 cm³/mol. The number of nitrogens with one attached hydrogen (secondary N) is 2. The molecule has 22 heavy (non-hydrogen) atoms. The van der Waals surface area contributed by atoms with Gasteiger partial charge in [-0.2, -0.15) is 0 Å². The first kappa shape index (κ1) is 17.0. The highest BCUT2D eigenvalue weighted by molar-refractivity contribution is 7.80. The van der Waals surface area contributed by atoms with E-state index in [2.05, 4.69) is 54.8 Å². The lowest BCUT2D eigenvalue weighted by atomic mass is 9.97. The summed E-state index contributed by atoms with van der Waals surface area (Å²) in [6.45, 7) is 5.40. The molecule has 1 aromatic carbocycles. The van der Waals surface area contributed by atoms with Gasteiger partial charge < -0.3 is 10.6 Å². The maximum atomic E-state index is 5.37. The SMILES string of the molecule is CCC(C)c1ccc(NC(=S)NCCC2=CCCCC2)cc1. The van der Waals surface area contributed by atoms with Gasteiger partial charge in [0.25, 0.3) is 0 Å². The molecule has 0 aliphatic heterocycles. The van der Waals surface area contributed by atoms with Crippen LogP contribution < -0.4 is 10.6 Å². The molecule has 3 heteroatoms. The van der Waals surface area contributed by atoms with E-state index in [0.29, 0.717) is 11.0 Å². The lowest BCUT2D eigenvalue weighted by Gasteiger charge is -2.15. The van der Waals surface area contributed by atoms with Gasteiger partial charge in [0.15, 0.2) is 5.11 Å². The third-order valence-corrected chi connectivity index (χ3v) is 4.71. The Balaban J connectivity index is 1.73. The lowest BCUT2D eigenvalue weighted by molar-refractivity contribution is 0.669. The second-order valence-corrected chi connectivity index (χ2v) is 6.58. The molecule has 1 unspecified atom stereocenters. The van der Waals surface area contributed by atoms with Crippen LogP contribution in [0.25, 0.3) is 0 Å². The molecule has 0 saturated carbocycles.